The van der Waals surface area contributed by atoms with Gasteiger partial charge >= 0.3 is 0 Å². The SMILES string of the molecule is O=C(CN1C(=O)c2ccc(Br)cc2[C@@H]2C[C@@H]21)Nc1ncc(F)cn1. The van der Waals surface area contributed by atoms with Crippen molar-refractivity contribution in [3.8, 4) is 0 Å². The predicted molar refractivity (Wildman–Crippen MR) is 86.9 cm³/mol. The number of hydrogen-bond acceptors (Lipinski definition) is 4. The maximum atomic E-state index is 12.8. The highest BCUT2D eigenvalue weighted by Gasteiger charge is 2.50. The summed E-state index contributed by atoms with van der Waals surface area (Å²) < 4.78 is 13.7. The van der Waals surface area contributed by atoms with Crippen molar-refractivity contribution in [1.82, 2.24) is 14.9 Å². The second-order valence-electron chi connectivity index (χ2n) is 5.85. The van der Waals surface area contributed by atoms with Gasteiger partial charge < -0.3 is 4.90 Å². The van der Waals surface area contributed by atoms with E-state index in [1.807, 2.05) is 12.1 Å². The molecule has 1 N–H and O–H groups in total. The van der Waals surface area contributed by atoms with E-state index in [-0.39, 0.29) is 30.4 Å². The van der Waals surface area contributed by atoms with E-state index in [0.717, 1.165) is 28.9 Å². The molecule has 24 heavy (non-hydrogen) atoms. The number of nitrogens with one attached hydrogen (secondary N) is 1. The van der Waals surface area contributed by atoms with Gasteiger partial charge in [0.25, 0.3) is 5.91 Å². The van der Waals surface area contributed by atoms with Gasteiger partial charge in [0.15, 0.2) is 5.82 Å². The summed E-state index contributed by atoms with van der Waals surface area (Å²) in [6, 6.07) is 5.63. The Labute approximate surface area is 145 Å². The van der Waals surface area contributed by atoms with Crippen LogP contribution in [0.25, 0.3) is 0 Å². The maximum absolute atomic E-state index is 12.8. The van der Waals surface area contributed by atoms with Crippen LogP contribution in [0.1, 0.15) is 28.3 Å². The highest BCUT2D eigenvalue weighted by molar-refractivity contribution is 9.10. The summed E-state index contributed by atoms with van der Waals surface area (Å²) in [6.45, 7) is -0.0732. The summed E-state index contributed by atoms with van der Waals surface area (Å²) in [5.41, 5.74) is 1.68. The number of carbonyl (C=O) groups excluding carboxylic acids is 2. The minimum absolute atomic E-state index is 0.0162. The molecule has 1 aromatic heterocycles. The second-order valence-corrected chi connectivity index (χ2v) is 6.76. The number of carbonyl (C=O) groups is 2. The Morgan fingerprint density at radius 2 is 2.12 bits per heavy atom. The largest absolute Gasteiger partial charge is 0.326 e. The summed E-state index contributed by atoms with van der Waals surface area (Å²) in [6.07, 6.45) is 2.80. The van der Waals surface area contributed by atoms with Crippen LogP contribution in [0, 0.1) is 5.82 Å². The number of rotatable bonds is 3. The van der Waals surface area contributed by atoms with Crippen molar-refractivity contribution in [2.24, 2.45) is 0 Å². The van der Waals surface area contributed by atoms with Crippen LogP contribution in [-0.2, 0) is 4.79 Å². The molecule has 2 aliphatic rings. The average Bonchev–Trinajstić information content (AvgIpc) is 3.34. The van der Waals surface area contributed by atoms with E-state index in [1.165, 1.54) is 0 Å². The minimum Gasteiger partial charge on any atom is -0.326 e. The number of fused-ring (bicyclic) bond motifs is 3. The van der Waals surface area contributed by atoms with E-state index in [4.69, 9.17) is 0 Å². The molecule has 0 unspecified atom stereocenters. The average molecular weight is 391 g/mol. The lowest BCUT2D eigenvalue weighted by Gasteiger charge is -2.27. The zero-order valence-corrected chi connectivity index (χ0v) is 14.0. The molecule has 4 rings (SSSR count). The maximum Gasteiger partial charge on any atom is 0.254 e. The van der Waals surface area contributed by atoms with Crippen molar-refractivity contribution in [3.05, 3.63) is 52.0 Å². The van der Waals surface area contributed by atoms with Crippen LogP contribution in [-0.4, -0.2) is 39.3 Å². The van der Waals surface area contributed by atoms with Crippen molar-refractivity contribution in [2.45, 2.75) is 18.4 Å². The molecule has 0 saturated heterocycles. The Kier molecular flexibility index (Phi) is 3.56. The van der Waals surface area contributed by atoms with Gasteiger partial charge in [-0.05, 0) is 30.2 Å². The third-order valence-electron chi connectivity index (χ3n) is 4.25. The van der Waals surface area contributed by atoms with Gasteiger partial charge in [-0.25, -0.2) is 14.4 Å². The standard InChI is InChI=1S/C16H12BrFN4O2/c17-8-1-2-10-11(3-8)12-4-13(12)22(15(10)24)7-14(23)21-16-19-5-9(18)6-20-16/h1-3,5-6,12-13H,4,7H2,(H,19,20,21,23)/t12-,13-/m0/s1. The van der Waals surface area contributed by atoms with Crippen molar-refractivity contribution >= 4 is 33.7 Å². The summed E-state index contributed by atoms with van der Waals surface area (Å²) in [5, 5.41) is 2.48. The summed E-state index contributed by atoms with van der Waals surface area (Å²) >= 11 is 3.42. The smallest absolute Gasteiger partial charge is 0.254 e. The number of nitrogens with zero attached hydrogens (tertiary/aromatic N) is 3. The van der Waals surface area contributed by atoms with Crippen molar-refractivity contribution < 1.29 is 14.0 Å². The molecule has 8 heteroatoms. The second kappa shape index (κ2) is 5.62. The topological polar surface area (TPSA) is 75.2 Å². The van der Waals surface area contributed by atoms with Gasteiger partial charge in [-0.2, -0.15) is 0 Å². The molecule has 1 aliphatic carbocycles. The third kappa shape index (κ3) is 2.66. The zero-order chi connectivity index (χ0) is 16.8. The highest BCUT2D eigenvalue weighted by atomic mass is 79.9. The van der Waals surface area contributed by atoms with E-state index < -0.39 is 11.7 Å². The normalized spacial score (nSPS) is 21.1. The first-order valence-electron chi connectivity index (χ1n) is 7.41. The fraction of sp³-hybridized carbons (Fsp3) is 0.250. The van der Waals surface area contributed by atoms with Gasteiger partial charge in [0.1, 0.15) is 6.54 Å². The molecule has 2 atom stereocenters. The van der Waals surface area contributed by atoms with Gasteiger partial charge in [-0.1, -0.05) is 15.9 Å². The third-order valence-corrected chi connectivity index (χ3v) is 4.74. The molecule has 6 nitrogen and oxygen atoms in total. The molecular formula is C16H12BrFN4O2. The van der Waals surface area contributed by atoms with Crippen LogP contribution in [0.4, 0.5) is 10.3 Å². The quantitative estimate of drug-likeness (QED) is 0.872. The zero-order valence-electron chi connectivity index (χ0n) is 12.4. The lowest BCUT2D eigenvalue weighted by molar-refractivity contribution is -0.117. The molecular weight excluding hydrogens is 379 g/mol. The molecule has 122 valence electrons. The Bertz CT molecular complexity index is 842. The fourth-order valence-corrected chi connectivity index (χ4v) is 3.46. The summed E-state index contributed by atoms with van der Waals surface area (Å²) in [7, 11) is 0. The lowest BCUT2D eigenvalue weighted by atomic mass is 9.98. The first-order valence-corrected chi connectivity index (χ1v) is 8.20. The Hall–Kier alpha value is -2.35. The van der Waals surface area contributed by atoms with E-state index in [9.17, 15) is 14.0 Å². The van der Waals surface area contributed by atoms with Crippen LogP contribution in [0.2, 0.25) is 0 Å². The predicted octanol–water partition coefficient (Wildman–Crippen LogP) is 2.33. The number of benzene rings is 1. The molecule has 0 spiro atoms. The molecule has 2 aromatic rings. The molecule has 2 amide bonds. The molecule has 1 aromatic carbocycles. The van der Waals surface area contributed by atoms with E-state index in [1.54, 1.807) is 11.0 Å². The molecule has 1 aliphatic heterocycles. The van der Waals surface area contributed by atoms with Gasteiger partial charge in [-0.3, -0.25) is 14.9 Å². The molecule has 1 fully saturated rings. The number of hydrogen-bond donors (Lipinski definition) is 1. The monoisotopic (exact) mass is 390 g/mol. The summed E-state index contributed by atoms with van der Waals surface area (Å²) in [4.78, 5) is 33.7. The van der Waals surface area contributed by atoms with E-state index in [2.05, 4.69) is 31.2 Å². The van der Waals surface area contributed by atoms with Gasteiger partial charge in [0.2, 0.25) is 11.9 Å². The number of anilines is 1. The van der Waals surface area contributed by atoms with Crippen LogP contribution >= 0.6 is 15.9 Å². The van der Waals surface area contributed by atoms with E-state index in [0.29, 0.717) is 5.56 Å². The first kappa shape index (κ1) is 15.2. The van der Waals surface area contributed by atoms with Crippen molar-refractivity contribution in [2.75, 3.05) is 11.9 Å². The molecule has 1 saturated carbocycles. The number of aromatic nitrogens is 2. The van der Waals surface area contributed by atoms with Gasteiger partial charge in [-0.15, -0.1) is 0 Å². The van der Waals surface area contributed by atoms with Crippen LogP contribution in [0.3, 0.4) is 0 Å². The van der Waals surface area contributed by atoms with Crippen LogP contribution < -0.4 is 5.32 Å². The van der Waals surface area contributed by atoms with Crippen LogP contribution in [0.5, 0.6) is 0 Å². The fourth-order valence-electron chi connectivity index (χ4n) is 3.09. The highest BCUT2D eigenvalue weighted by Crippen LogP contribution is 2.50. The van der Waals surface area contributed by atoms with Crippen molar-refractivity contribution in [3.63, 3.8) is 0 Å². The van der Waals surface area contributed by atoms with Crippen LogP contribution in [0.15, 0.2) is 35.1 Å². The lowest BCUT2D eigenvalue weighted by Crippen LogP contribution is -2.42. The molecule has 0 bridgehead atoms. The summed E-state index contributed by atoms with van der Waals surface area (Å²) in [5.74, 6) is -0.831. The first-order chi connectivity index (χ1) is 11.5. The van der Waals surface area contributed by atoms with Gasteiger partial charge in [0.05, 0.1) is 12.4 Å². The number of amides is 2. The molecule has 0 radical (unpaired) electrons. The minimum atomic E-state index is -0.581. The van der Waals surface area contributed by atoms with Gasteiger partial charge in [0, 0.05) is 22.0 Å². The molecule has 2 heterocycles. The Morgan fingerprint density at radius 1 is 1.38 bits per heavy atom. The Morgan fingerprint density at radius 3 is 2.88 bits per heavy atom. The number of halogens is 2. The van der Waals surface area contributed by atoms with E-state index >= 15 is 0 Å². The Balaban J connectivity index is 1.49. The van der Waals surface area contributed by atoms with Crippen molar-refractivity contribution in [1.29, 1.82) is 0 Å².